The van der Waals surface area contributed by atoms with Crippen LogP contribution in [0.5, 0.6) is 5.75 Å². The lowest BCUT2D eigenvalue weighted by atomic mass is 9.82. The number of nitrogens with zero attached hydrogens (tertiary/aromatic N) is 2. The molecule has 0 aliphatic carbocycles. The SMILES string of the molecule is CC(C)Oc1ccccc1C1C(C(=O)C(C)(C)C)=C(O)C(=O)N1c1ccc(-c2ccon2)cc1. The van der Waals surface area contributed by atoms with E-state index in [0.717, 1.165) is 5.56 Å². The monoisotopic (exact) mass is 460 g/mol. The van der Waals surface area contributed by atoms with Crippen LogP contribution in [0.4, 0.5) is 5.69 Å². The molecular weight excluding hydrogens is 432 g/mol. The maximum atomic E-state index is 13.5. The predicted octanol–water partition coefficient (Wildman–Crippen LogP) is 5.64. The summed E-state index contributed by atoms with van der Waals surface area (Å²) in [5.41, 5.74) is 1.90. The van der Waals surface area contributed by atoms with Crippen molar-refractivity contribution in [3.8, 4) is 17.0 Å². The summed E-state index contributed by atoms with van der Waals surface area (Å²) in [6.45, 7) is 9.12. The number of ether oxygens (including phenoxy) is 1. The Morgan fingerprint density at radius 2 is 1.76 bits per heavy atom. The highest BCUT2D eigenvalue weighted by Crippen LogP contribution is 2.46. The number of carbonyl (C=O) groups is 2. The van der Waals surface area contributed by atoms with Crippen LogP contribution in [0.2, 0.25) is 0 Å². The molecule has 1 amide bonds. The molecule has 0 saturated heterocycles. The molecule has 2 heterocycles. The molecule has 0 fully saturated rings. The van der Waals surface area contributed by atoms with Crippen LogP contribution in [0.15, 0.2) is 76.7 Å². The lowest BCUT2D eigenvalue weighted by Gasteiger charge is -2.30. The van der Waals surface area contributed by atoms with E-state index < -0.39 is 23.1 Å². The molecule has 1 atom stereocenters. The highest BCUT2D eigenvalue weighted by Gasteiger charge is 2.47. The lowest BCUT2D eigenvalue weighted by Crippen LogP contribution is -2.33. The average molecular weight is 461 g/mol. The van der Waals surface area contributed by atoms with E-state index in [2.05, 4.69) is 5.16 Å². The molecule has 2 aromatic carbocycles. The van der Waals surface area contributed by atoms with Gasteiger partial charge in [0.2, 0.25) is 0 Å². The molecule has 1 aliphatic rings. The van der Waals surface area contributed by atoms with Crippen molar-refractivity contribution in [1.82, 2.24) is 5.16 Å². The second-order valence-electron chi connectivity index (χ2n) is 9.56. The second kappa shape index (κ2) is 8.82. The van der Waals surface area contributed by atoms with Gasteiger partial charge in [0.25, 0.3) is 5.91 Å². The Morgan fingerprint density at radius 3 is 2.35 bits per heavy atom. The number of aliphatic hydroxyl groups excluding tert-OH is 1. The zero-order valence-corrected chi connectivity index (χ0v) is 19.9. The Hall–Kier alpha value is -3.87. The fourth-order valence-corrected chi connectivity index (χ4v) is 4.02. The Labute approximate surface area is 198 Å². The number of ketones is 1. The molecule has 1 aliphatic heterocycles. The molecule has 176 valence electrons. The Kier molecular flexibility index (Phi) is 6.04. The van der Waals surface area contributed by atoms with E-state index in [1.807, 2.05) is 44.2 Å². The van der Waals surface area contributed by atoms with Gasteiger partial charge in [-0.1, -0.05) is 56.3 Å². The number of rotatable bonds is 6. The summed E-state index contributed by atoms with van der Waals surface area (Å²) in [5, 5.41) is 14.9. The van der Waals surface area contributed by atoms with Crippen LogP contribution < -0.4 is 9.64 Å². The molecule has 7 heteroatoms. The zero-order chi connectivity index (χ0) is 24.6. The fourth-order valence-electron chi connectivity index (χ4n) is 4.02. The van der Waals surface area contributed by atoms with Crippen LogP contribution in [0.25, 0.3) is 11.3 Å². The molecule has 0 bridgehead atoms. The maximum Gasteiger partial charge on any atom is 0.294 e. The van der Waals surface area contributed by atoms with E-state index in [9.17, 15) is 14.7 Å². The van der Waals surface area contributed by atoms with Crippen molar-refractivity contribution >= 4 is 17.4 Å². The normalized spacial score (nSPS) is 16.5. The number of hydrogen-bond acceptors (Lipinski definition) is 6. The van der Waals surface area contributed by atoms with E-state index in [1.165, 1.54) is 11.2 Å². The van der Waals surface area contributed by atoms with Gasteiger partial charge in [-0.3, -0.25) is 14.5 Å². The molecule has 0 spiro atoms. The minimum atomic E-state index is -0.841. The highest BCUT2D eigenvalue weighted by molar-refractivity contribution is 6.17. The van der Waals surface area contributed by atoms with Crippen molar-refractivity contribution in [1.29, 1.82) is 0 Å². The van der Waals surface area contributed by atoms with Crippen LogP contribution in [0.1, 0.15) is 46.2 Å². The van der Waals surface area contributed by atoms with Crippen molar-refractivity contribution < 1.29 is 24.0 Å². The lowest BCUT2D eigenvalue weighted by molar-refractivity contribution is -0.123. The first-order chi connectivity index (χ1) is 16.1. The van der Waals surface area contributed by atoms with Gasteiger partial charge in [0.05, 0.1) is 17.7 Å². The summed E-state index contributed by atoms with van der Waals surface area (Å²) in [6.07, 6.45) is 1.37. The number of anilines is 1. The summed E-state index contributed by atoms with van der Waals surface area (Å²) >= 11 is 0. The van der Waals surface area contributed by atoms with E-state index in [0.29, 0.717) is 22.7 Å². The fraction of sp³-hybridized carbons (Fsp3) is 0.296. The van der Waals surface area contributed by atoms with Gasteiger partial charge >= 0.3 is 0 Å². The molecule has 1 aromatic heterocycles. The first-order valence-electron chi connectivity index (χ1n) is 11.2. The number of Topliss-reactive ketones (excluding diaryl/α,β-unsaturated/α-hetero) is 1. The Balaban J connectivity index is 1.86. The number of aromatic nitrogens is 1. The summed E-state index contributed by atoms with van der Waals surface area (Å²) in [5.74, 6) is -0.922. The van der Waals surface area contributed by atoms with Crippen LogP contribution >= 0.6 is 0 Å². The molecule has 0 radical (unpaired) electrons. The molecule has 34 heavy (non-hydrogen) atoms. The molecule has 7 nitrogen and oxygen atoms in total. The summed E-state index contributed by atoms with van der Waals surface area (Å²) < 4.78 is 10.9. The third-order valence-electron chi connectivity index (χ3n) is 5.59. The molecule has 4 rings (SSSR count). The van der Waals surface area contributed by atoms with Crippen LogP contribution in [0, 0.1) is 5.41 Å². The van der Waals surface area contributed by atoms with Gasteiger partial charge in [0.1, 0.15) is 17.7 Å². The molecule has 1 N–H and O–H groups in total. The average Bonchev–Trinajstić information content (AvgIpc) is 3.40. The standard InChI is InChI=1S/C27H28N2O5/c1-16(2)34-21-9-7-6-8-19(21)23-22(25(31)27(3,4)5)24(30)26(32)29(23)18-12-10-17(11-13-18)20-14-15-33-28-20/h6-16,23,30H,1-5H3. The van der Waals surface area contributed by atoms with Crippen molar-refractivity contribution in [3.05, 3.63) is 77.8 Å². The maximum absolute atomic E-state index is 13.5. The quantitative estimate of drug-likeness (QED) is 0.511. The van der Waals surface area contributed by atoms with Gasteiger partial charge in [0.15, 0.2) is 11.5 Å². The zero-order valence-electron chi connectivity index (χ0n) is 19.9. The topological polar surface area (TPSA) is 92.9 Å². The number of benzene rings is 2. The van der Waals surface area contributed by atoms with Crippen molar-refractivity contribution in [2.45, 2.75) is 46.8 Å². The van der Waals surface area contributed by atoms with Gasteiger partial charge in [-0.25, -0.2) is 0 Å². The number of para-hydroxylation sites is 1. The second-order valence-corrected chi connectivity index (χ2v) is 9.56. The first-order valence-corrected chi connectivity index (χ1v) is 11.2. The minimum Gasteiger partial charge on any atom is -0.503 e. The number of hydrogen-bond donors (Lipinski definition) is 1. The number of carbonyl (C=O) groups excluding carboxylic acids is 2. The van der Waals surface area contributed by atoms with Crippen molar-refractivity contribution in [2.75, 3.05) is 4.90 Å². The van der Waals surface area contributed by atoms with Gasteiger partial charge in [0, 0.05) is 28.3 Å². The van der Waals surface area contributed by atoms with Gasteiger partial charge < -0.3 is 14.4 Å². The molecule has 3 aromatic rings. The predicted molar refractivity (Wildman–Crippen MR) is 128 cm³/mol. The van der Waals surface area contributed by atoms with Gasteiger partial charge in [-0.05, 0) is 32.0 Å². The smallest absolute Gasteiger partial charge is 0.294 e. The third-order valence-corrected chi connectivity index (χ3v) is 5.59. The molecule has 0 saturated carbocycles. The van der Waals surface area contributed by atoms with E-state index in [4.69, 9.17) is 9.26 Å². The van der Waals surface area contributed by atoms with Gasteiger partial charge in [-0.15, -0.1) is 0 Å². The summed E-state index contributed by atoms with van der Waals surface area (Å²) in [7, 11) is 0. The van der Waals surface area contributed by atoms with Crippen molar-refractivity contribution in [2.24, 2.45) is 5.41 Å². The van der Waals surface area contributed by atoms with Crippen LogP contribution in [-0.2, 0) is 9.59 Å². The largest absolute Gasteiger partial charge is 0.503 e. The Bertz CT molecular complexity index is 1230. The highest BCUT2D eigenvalue weighted by atomic mass is 16.5. The Morgan fingerprint density at radius 1 is 1.09 bits per heavy atom. The number of amides is 1. The van der Waals surface area contributed by atoms with Gasteiger partial charge in [-0.2, -0.15) is 0 Å². The molecular formula is C27H28N2O5. The van der Waals surface area contributed by atoms with Crippen LogP contribution in [0.3, 0.4) is 0 Å². The van der Waals surface area contributed by atoms with E-state index in [-0.39, 0.29) is 17.5 Å². The first kappa shape index (κ1) is 23.3. The van der Waals surface area contributed by atoms with E-state index >= 15 is 0 Å². The van der Waals surface area contributed by atoms with Crippen LogP contribution in [-0.4, -0.2) is 28.1 Å². The van der Waals surface area contributed by atoms with E-state index in [1.54, 1.807) is 45.0 Å². The minimum absolute atomic E-state index is 0.0675. The summed E-state index contributed by atoms with van der Waals surface area (Å²) in [6, 6.07) is 15.3. The van der Waals surface area contributed by atoms with Crippen molar-refractivity contribution in [3.63, 3.8) is 0 Å². The number of aliphatic hydroxyl groups is 1. The molecule has 1 unspecified atom stereocenters. The third kappa shape index (κ3) is 4.21. The summed E-state index contributed by atoms with van der Waals surface area (Å²) in [4.78, 5) is 28.3.